The molecule has 6 rings (SSSR count). The number of aromatic amines is 1. The van der Waals surface area contributed by atoms with E-state index < -0.39 is 0 Å². The number of H-pyrrole nitrogens is 1. The number of carbonyl (C=O) groups is 1. The standard InChI is InChI=1S/C29H31FN4O/c1-17(28-33-26-11-9-20(15-27(26)34-28)29(35)32-22-3-2-4-22)18-5-7-19(8-6-18)23-13-14-31-25-12-10-21(30)16-24(23)25/h9-19,22H,2-8H2,1H3,(H,32,35)(H,33,34)/t17?,18-,19+. The van der Waals surface area contributed by atoms with Gasteiger partial charge in [-0.2, -0.15) is 0 Å². The van der Waals surface area contributed by atoms with Crippen LogP contribution >= 0.6 is 0 Å². The molecule has 2 aliphatic carbocycles. The molecule has 1 unspecified atom stereocenters. The van der Waals surface area contributed by atoms with Gasteiger partial charge >= 0.3 is 0 Å². The zero-order valence-corrected chi connectivity index (χ0v) is 20.1. The number of hydrogen-bond donors (Lipinski definition) is 2. The number of rotatable bonds is 5. The van der Waals surface area contributed by atoms with E-state index in [2.05, 4.69) is 28.3 Å². The van der Waals surface area contributed by atoms with E-state index in [4.69, 9.17) is 4.98 Å². The van der Waals surface area contributed by atoms with Crippen LogP contribution < -0.4 is 5.32 Å². The second-order valence-corrected chi connectivity index (χ2v) is 10.4. The van der Waals surface area contributed by atoms with E-state index in [0.717, 1.165) is 66.3 Å². The molecular formula is C29H31FN4O. The number of fused-ring (bicyclic) bond motifs is 2. The van der Waals surface area contributed by atoms with Crippen molar-refractivity contribution >= 4 is 27.8 Å². The number of benzene rings is 2. The van der Waals surface area contributed by atoms with Crippen LogP contribution in [-0.4, -0.2) is 26.9 Å². The maximum Gasteiger partial charge on any atom is 0.251 e. The molecule has 1 atom stereocenters. The molecule has 2 aromatic carbocycles. The van der Waals surface area contributed by atoms with Crippen molar-refractivity contribution in [2.24, 2.45) is 5.92 Å². The van der Waals surface area contributed by atoms with Crippen LogP contribution in [0.3, 0.4) is 0 Å². The molecule has 0 spiro atoms. The van der Waals surface area contributed by atoms with Crippen LogP contribution in [0, 0.1) is 11.7 Å². The molecule has 180 valence electrons. The lowest BCUT2D eigenvalue weighted by Gasteiger charge is -2.32. The lowest BCUT2D eigenvalue weighted by Crippen LogP contribution is -2.39. The highest BCUT2D eigenvalue weighted by Crippen LogP contribution is 2.43. The van der Waals surface area contributed by atoms with E-state index in [9.17, 15) is 9.18 Å². The highest BCUT2D eigenvalue weighted by molar-refractivity contribution is 5.97. The Labute approximate surface area is 204 Å². The maximum atomic E-state index is 13.9. The van der Waals surface area contributed by atoms with Crippen molar-refractivity contribution in [2.45, 2.75) is 69.7 Å². The fourth-order valence-corrected chi connectivity index (χ4v) is 5.86. The van der Waals surface area contributed by atoms with E-state index in [1.807, 2.05) is 24.4 Å². The first-order chi connectivity index (χ1) is 17.0. The maximum absolute atomic E-state index is 13.9. The van der Waals surface area contributed by atoms with Crippen LogP contribution in [0.25, 0.3) is 21.9 Å². The number of amides is 1. The number of nitrogens with one attached hydrogen (secondary N) is 2. The molecule has 5 nitrogen and oxygen atoms in total. The van der Waals surface area contributed by atoms with E-state index in [-0.39, 0.29) is 11.7 Å². The normalized spacial score (nSPS) is 21.7. The molecule has 2 aromatic heterocycles. The van der Waals surface area contributed by atoms with Crippen LogP contribution in [0.1, 0.15) is 85.5 Å². The van der Waals surface area contributed by atoms with Gasteiger partial charge in [0, 0.05) is 29.1 Å². The summed E-state index contributed by atoms with van der Waals surface area (Å²) in [6, 6.07) is 13.0. The van der Waals surface area contributed by atoms with Crippen LogP contribution in [0.5, 0.6) is 0 Å². The summed E-state index contributed by atoms with van der Waals surface area (Å²) in [5.41, 5.74) is 4.60. The highest BCUT2D eigenvalue weighted by Gasteiger charge is 2.29. The van der Waals surface area contributed by atoms with Gasteiger partial charge in [-0.05, 0) is 105 Å². The van der Waals surface area contributed by atoms with Gasteiger partial charge < -0.3 is 10.3 Å². The molecule has 0 aliphatic heterocycles. The molecule has 35 heavy (non-hydrogen) atoms. The molecule has 0 radical (unpaired) electrons. The topological polar surface area (TPSA) is 70.7 Å². The molecule has 1 amide bonds. The van der Waals surface area contributed by atoms with Crippen molar-refractivity contribution in [3.05, 3.63) is 71.4 Å². The van der Waals surface area contributed by atoms with Gasteiger partial charge in [0.25, 0.3) is 5.91 Å². The quantitative estimate of drug-likeness (QED) is 0.345. The monoisotopic (exact) mass is 470 g/mol. The SMILES string of the molecule is CC(c1nc2ccc(C(=O)NC3CCC3)cc2[nH]1)[C@H]1CC[C@@H](c2ccnc3ccc(F)cc32)CC1. The molecule has 4 aromatic rings. The zero-order chi connectivity index (χ0) is 23.9. The zero-order valence-electron chi connectivity index (χ0n) is 20.1. The van der Waals surface area contributed by atoms with E-state index in [0.29, 0.717) is 29.4 Å². The average Bonchev–Trinajstić information content (AvgIpc) is 3.29. The first-order valence-electron chi connectivity index (χ1n) is 12.9. The Balaban J connectivity index is 1.15. The second-order valence-electron chi connectivity index (χ2n) is 10.4. The Morgan fingerprint density at radius 3 is 2.60 bits per heavy atom. The third-order valence-electron chi connectivity index (χ3n) is 8.29. The summed E-state index contributed by atoms with van der Waals surface area (Å²) in [6.07, 6.45) is 9.58. The predicted molar refractivity (Wildman–Crippen MR) is 136 cm³/mol. The van der Waals surface area contributed by atoms with E-state index in [1.165, 1.54) is 18.1 Å². The number of aromatic nitrogens is 3. The third kappa shape index (κ3) is 4.30. The molecule has 0 bridgehead atoms. The van der Waals surface area contributed by atoms with Gasteiger partial charge in [-0.1, -0.05) is 6.92 Å². The lowest BCUT2D eigenvalue weighted by atomic mass is 9.73. The predicted octanol–water partition coefficient (Wildman–Crippen LogP) is 6.61. The summed E-state index contributed by atoms with van der Waals surface area (Å²) in [5.74, 6) is 2.07. The number of pyridine rings is 1. The first-order valence-corrected chi connectivity index (χ1v) is 12.9. The Morgan fingerprint density at radius 1 is 1.03 bits per heavy atom. The number of nitrogens with zero attached hydrogens (tertiary/aromatic N) is 2. The molecule has 2 N–H and O–H groups in total. The van der Waals surface area contributed by atoms with Gasteiger partial charge in [0.2, 0.25) is 0 Å². The summed E-state index contributed by atoms with van der Waals surface area (Å²) in [4.78, 5) is 25.3. The van der Waals surface area contributed by atoms with Crippen molar-refractivity contribution in [2.75, 3.05) is 0 Å². The molecule has 6 heteroatoms. The lowest BCUT2D eigenvalue weighted by molar-refractivity contribution is 0.0917. The number of hydrogen-bond acceptors (Lipinski definition) is 3. The van der Waals surface area contributed by atoms with Crippen LogP contribution in [0.4, 0.5) is 4.39 Å². The number of imidazole rings is 1. The van der Waals surface area contributed by atoms with E-state index >= 15 is 0 Å². The fourth-order valence-electron chi connectivity index (χ4n) is 5.86. The minimum absolute atomic E-state index is 0.00244. The number of halogens is 1. The molecule has 2 saturated carbocycles. The molecule has 0 saturated heterocycles. The molecular weight excluding hydrogens is 439 g/mol. The smallest absolute Gasteiger partial charge is 0.251 e. The average molecular weight is 471 g/mol. The van der Waals surface area contributed by atoms with Gasteiger partial charge in [0.15, 0.2) is 0 Å². The van der Waals surface area contributed by atoms with Gasteiger partial charge in [0.1, 0.15) is 11.6 Å². The molecule has 2 aliphatic rings. The molecule has 2 fully saturated rings. The first kappa shape index (κ1) is 22.2. The van der Waals surface area contributed by atoms with Crippen molar-refractivity contribution in [3.8, 4) is 0 Å². The van der Waals surface area contributed by atoms with E-state index in [1.54, 1.807) is 12.1 Å². The summed E-state index contributed by atoms with van der Waals surface area (Å²) >= 11 is 0. The summed E-state index contributed by atoms with van der Waals surface area (Å²) in [6.45, 7) is 2.25. The van der Waals surface area contributed by atoms with Crippen molar-refractivity contribution in [3.63, 3.8) is 0 Å². The largest absolute Gasteiger partial charge is 0.349 e. The van der Waals surface area contributed by atoms with Gasteiger partial charge in [0.05, 0.1) is 16.6 Å². The van der Waals surface area contributed by atoms with Crippen LogP contribution in [0.15, 0.2) is 48.7 Å². The Morgan fingerprint density at radius 2 is 1.83 bits per heavy atom. The van der Waals surface area contributed by atoms with Crippen molar-refractivity contribution in [1.82, 2.24) is 20.3 Å². The van der Waals surface area contributed by atoms with Crippen LogP contribution in [0.2, 0.25) is 0 Å². The Kier molecular flexibility index (Phi) is 5.75. The van der Waals surface area contributed by atoms with Crippen LogP contribution in [-0.2, 0) is 0 Å². The van der Waals surface area contributed by atoms with Crippen molar-refractivity contribution < 1.29 is 9.18 Å². The van der Waals surface area contributed by atoms with Gasteiger partial charge in [-0.25, -0.2) is 9.37 Å². The fraction of sp³-hybridized carbons (Fsp3) is 0.414. The molecule has 2 heterocycles. The Hall–Kier alpha value is -3.28. The summed E-state index contributed by atoms with van der Waals surface area (Å²) in [7, 11) is 0. The van der Waals surface area contributed by atoms with Gasteiger partial charge in [-0.3, -0.25) is 9.78 Å². The minimum Gasteiger partial charge on any atom is -0.349 e. The Bertz CT molecular complexity index is 1380. The number of carbonyl (C=O) groups excluding carboxylic acids is 1. The minimum atomic E-state index is -0.206. The highest BCUT2D eigenvalue weighted by atomic mass is 19.1. The summed E-state index contributed by atoms with van der Waals surface area (Å²) < 4.78 is 13.9. The third-order valence-corrected chi connectivity index (χ3v) is 8.29. The van der Waals surface area contributed by atoms with Gasteiger partial charge in [-0.15, -0.1) is 0 Å². The van der Waals surface area contributed by atoms with Crippen molar-refractivity contribution in [1.29, 1.82) is 0 Å². The second kappa shape index (κ2) is 9.06. The summed E-state index contributed by atoms with van der Waals surface area (Å²) in [5, 5.41) is 4.06.